The molecule has 9 heteroatoms. The van der Waals surface area contributed by atoms with Gasteiger partial charge in [0, 0.05) is 43.7 Å². The summed E-state index contributed by atoms with van der Waals surface area (Å²) in [5.41, 5.74) is 2.79. The molecule has 1 aliphatic rings. The van der Waals surface area contributed by atoms with Crippen LogP contribution >= 0.6 is 0 Å². The third kappa shape index (κ3) is 6.11. The van der Waals surface area contributed by atoms with E-state index in [9.17, 15) is 14.7 Å². The highest BCUT2D eigenvalue weighted by atomic mass is 16.5. The van der Waals surface area contributed by atoms with Crippen LogP contribution in [0.3, 0.4) is 0 Å². The molecule has 0 saturated carbocycles. The van der Waals surface area contributed by atoms with Crippen molar-refractivity contribution in [3.63, 3.8) is 0 Å². The highest BCUT2D eigenvalue weighted by Crippen LogP contribution is 2.31. The summed E-state index contributed by atoms with van der Waals surface area (Å²) < 4.78 is 11.6. The molecule has 0 spiro atoms. The molecule has 1 aliphatic heterocycles. The fourth-order valence-electron chi connectivity index (χ4n) is 4.45. The highest BCUT2D eigenvalue weighted by Gasteiger charge is 2.34. The predicted octanol–water partition coefficient (Wildman–Crippen LogP) is 3.07. The second kappa shape index (κ2) is 12.0. The van der Waals surface area contributed by atoms with Gasteiger partial charge in [0.1, 0.15) is 17.4 Å². The zero-order chi connectivity index (χ0) is 27.2. The van der Waals surface area contributed by atoms with Crippen molar-refractivity contribution in [3.05, 3.63) is 72.2 Å². The summed E-state index contributed by atoms with van der Waals surface area (Å²) >= 11 is 0. The fourth-order valence-corrected chi connectivity index (χ4v) is 4.45. The van der Waals surface area contributed by atoms with E-state index < -0.39 is 12.1 Å². The molecule has 1 aromatic carbocycles. The number of hydrogen-bond donors (Lipinski definition) is 1. The number of nitrogens with zero attached hydrogens (tertiary/aromatic N) is 4. The Balaban J connectivity index is 1.63. The van der Waals surface area contributed by atoms with Gasteiger partial charge in [-0.2, -0.15) is 0 Å². The number of ether oxygens (including phenoxy) is 2. The van der Waals surface area contributed by atoms with Gasteiger partial charge in [-0.1, -0.05) is 25.1 Å². The lowest BCUT2D eigenvalue weighted by molar-refractivity contribution is -0.130. The topological polar surface area (TPSA) is 105 Å². The number of methoxy groups -OCH3 is 1. The smallest absolute Gasteiger partial charge is 0.259 e. The molecule has 0 radical (unpaired) electrons. The molecule has 0 fully saturated rings. The molecular formula is C29H34N4O5. The number of amides is 2. The van der Waals surface area contributed by atoms with Gasteiger partial charge in [0.2, 0.25) is 11.8 Å². The van der Waals surface area contributed by atoms with E-state index in [1.54, 1.807) is 54.7 Å². The van der Waals surface area contributed by atoms with Gasteiger partial charge in [-0.15, -0.1) is 0 Å². The molecule has 3 aromatic rings. The zero-order valence-electron chi connectivity index (χ0n) is 22.2. The van der Waals surface area contributed by atoms with Crippen LogP contribution in [0.4, 0.5) is 0 Å². The number of likely N-dealkylation sites (N-methyl/N-ethyl adjacent to an activating group) is 1. The number of aliphatic hydroxyl groups excluding tert-OH is 1. The van der Waals surface area contributed by atoms with Gasteiger partial charge in [0.25, 0.3) is 5.91 Å². The van der Waals surface area contributed by atoms with E-state index in [0.29, 0.717) is 18.7 Å². The quantitative estimate of drug-likeness (QED) is 0.489. The highest BCUT2D eigenvalue weighted by molar-refractivity contribution is 5.98. The maximum Gasteiger partial charge on any atom is 0.259 e. The SMILES string of the molecule is COc1ccc(-c2cnc3c(c2)C(=O)N([C@H](C)CO)C[C@@H](C)[C@@H](CN(C)C(=O)Cc2cccnc2)O3)cc1. The molecule has 0 unspecified atom stereocenters. The van der Waals surface area contributed by atoms with Crippen LogP contribution in [0.25, 0.3) is 11.1 Å². The number of rotatable bonds is 8. The minimum Gasteiger partial charge on any atom is -0.497 e. The Morgan fingerprint density at radius 2 is 2.00 bits per heavy atom. The van der Waals surface area contributed by atoms with E-state index in [-0.39, 0.29) is 36.6 Å². The van der Waals surface area contributed by atoms with Gasteiger partial charge in [0.05, 0.1) is 32.7 Å². The first kappa shape index (κ1) is 27.1. The lowest BCUT2D eigenvalue weighted by Gasteiger charge is -2.37. The van der Waals surface area contributed by atoms with Crippen molar-refractivity contribution < 1.29 is 24.2 Å². The van der Waals surface area contributed by atoms with Crippen molar-refractivity contribution in [3.8, 4) is 22.8 Å². The number of carbonyl (C=O) groups is 2. The van der Waals surface area contributed by atoms with Crippen LogP contribution in [0.1, 0.15) is 29.8 Å². The molecule has 4 rings (SSSR count). The summed E-state index contributed by atoms with van der Waals surface area (Å²) in [5.74, 6) is 0.505. The van der Waals surface area contributed by atoms with Crippen LogP contribution < -0.4 is 9.47 Å². The first-order valence-electron chi connectivity index (χ1n) is 12.7. The number of carbonyl (C=O) groups excluding carboxylic acids is 2. The number of aromatic nitrogens is 2. The van der Waals surface area contributed by atoms with E-state index >= 15 is 0 Å². The Morgan fingerprint density at radius 1 is 1.24 bits per heavy atom. The van der Waals surface area contributed by atoms with Crippen LogP contribution in [0.2, 0.25) is 0 Å². The van der Waals surface area contributed by atoms with Crippen molar-refractivity contribution in [1.29, 1.82) is 0 Å². The molecule has 38 heavy (non-hydrogen) atoms. The molecule has 200 valence electrons. The molecule has 3 atom stereocenters. The lowest BCUT2D eigenvalue weighted by atomic mass is 9.99. The number of aliphatic hydroxyl groups is 1. The molecule has 0 bridgehead atoms. The van der Waals surface area contributed by atoms with Gasteiger partial charge in [0.15, 0.2) is 0 Å². The standard InChI is InChI=1S/C29H34N4O5/c1-19-16-33(20(2)18-34)29(36)25-13-23(22-7-9-24(37-4)10-8-22)15-31-28(25)38-26(19)17-32(3)27(35)12-21-6-5-11-30-14-21/h5-11,13-15,19-20,26,34H,12,16-18H2,1-4H3/t19-,20-,26-/m1/s1. The average Bonchev–Trinajstić information content (AvgIpc) is 2.94. The van der Waals surface area contributed by atoms with E-state index in [1.807, 2.05) is 44.2 Å². The van der Waals surface area contributed by atoms with Crippen molar-refractivity contribution in [2.24, 2.45) is 5.92 Å². The average molecular weight is 519 g/mol. The van der Waals surface area contributed by atoms with Crippen molar-refractivity contribution >= 4 is 11.8 Å². The third-order valence-electron chi connectivity index (χ3n) is 6.90. The Morgan fingerprint density at radius 3 is 2.66 bits per heavy atom. The van der Waals surface area contributed by atoms with Crippen molar-refractivity contribution in [2.75, 3.05) is 33.9 Å². The Hall–Kier alpha value is -3.98. The third-order valence-corrected chi connectivity index (χ3v) is 6.90. The van der Waals surface area contributed by atoms with Gasteiger partial charge < -0.3 is 24.4 Å². The summed E-state index contributed by atoms with van der Waals surface area (Å²) in [6, 6.07) is 12.5. The van der Waals surface area contributed by atoms with Gasteiger partial charge in [-0.05, 0) is 42.3 Å². The molecular weight excluding hydrogens is 484 g/mol. The largest absolute Gasteiger partial charge is 0.497 e. The zero-order valence-corrected chi connectivity index (χ0v) is 22.2. The lowest BCUT2D eigenvalue weighted by Crippen LogP contribution is -2.50. The van der Waals surface area contributed by atoms with Crippen LogP contribution in [-0.4, -0.2) is 82.7 Å². The number of hydrogen-bond acceptors (Lipinski definition) is 7. The second-order valence-electron chi connectivity index (χ2n) is 9.74. The van der Waals surface area contributed by atoms with Gasteiger partial charge in [-0.3, -0.25) is 14.6 Å². The summed E-state index contributed by atoms with van der Waals surface area (Å²) in [6.45, 7) is 4.30. The first-order chi connectivity index (χ1) is 18.3. The van der Waals surface area contributed by atoms with E-state index in [4.69, 9.17) is 9.47 Å². The van der Waals surface area contributed by atoms with E-state index in [2.05, 4.69) is 9.97 Å². The van der Waals surface area contributed by atoms with Crippen LogP contribution in [-0.2, 0) is 11.2 Å². The molecule has 0 aliphatic carbocycles. The number of fused-ring (bicyclic) bond motifs is 1. The van der Waals surface area contributed by atoms with Crippen LogP contribution in [0.5, 0.6) is 11.6 Å². The van der Waals surface area contributed by atoms with E-state index in [1.165, 1.54) is 0 Å². The maximum atomic E-state index is 13.7. The molecule has 0 saturated heterocycles. The monoisotopic (exact) mass is 518 g/mol. The maximum absolute atomic E-state index is 13.7. The van der Waals surface area contributed by atoms with E-state index in [0.717, 1.165) is 22.4 Å². The second-order valence-corrected chi connectivity index (χ2v) is 9.74. The normalized spacial score (nSPS) is 18.0. The molecule has 2 aromatic heterocycles. The first-order valence-corrected chi connectivity index (χ1v) is 12.7. The minimum absolute atomic E-state index is 0.0597. The molecule has 1 N–H and O–H groups in total. The predicted molar refractivity (Wildman–Crippen MR) is 143 cm³/mol. The summed E-state index contributed by atoms with van der Waals surface area (Å²) in [6.07, 6.45) is 4.84. The van der Waals surface area contributed by atoms with Crippen molar-refractivity contribution in [1.82, 2.24) is 19.8 Å². The Bertz CT molecular complexity index is 1250. The minimum atomic E-state index is -0.419. The Kier molecular flexibility index (Phi) is 8.58. The molecule has 3 heterocycles. The van der Waals surface area contributed by atoms with Crippen molar-refractivity contribution in [2.45, 2.75) is 32.4 Å². The Labute approximate surface area is 223 Å². The summed E-state index contributed by atoms with van der Waals surface area (Å²) in [4.78, 5) is 38.5. The van der Waals surface area contributed by atoms with Gasteiger partial charge in [-0.25, -0.2) is 4.98 Å². The summed E-state index contributed by atoms with van der Waals surface area (Å²) in [7, 11) is 3.35. The van der Waals surface area contributed by atoms with Crippen LogP contribution in [0.15, 0.2) is 61.1 Å². The van der Waals surface area contributed by atoms with Crippen LogP contribution in [0, 0.1) is 5.92 Å². The molecule has 2 amide bonds. The van der Waals surface area contributed by atoms with Gasteiger partial charge >= 0.3 is 0 Å². The molecule has 9 nitrogen and oxygen atoms in total. The number of benzene rings is 1. The summed E-state index contributed by atoms with van der Waals surface area (Å²) in [5, 5.41) is 9.90. The fraction of sp³-hybridized carbons (Fsp3) is 0.379. The number of pyridine rings is 2.